The van der Waals surface area contributed by atoms with Crippen LogP contribution in [0.1, 0.15) is 44.5 Å². The lowest BCUT2D eigenvalue weighted by atomic mass is 10.2. The van der Waals surface area contributed by atoms with E-state index in [0.29, 0.717) is 45.7 Å². The lowest BCUT2D eigenvalue weighted by Crippen LogP contribution is -2.41. The number of rotatable bonds is 8. The Morgan fingerprint density at radius 3 is 2.41 bits per heavy atom. The van der Waals surface area contributed by atoms with Crippen LogP contribution in [0, 0.1) is 0 Å². The summed E-state index contributed by atoms with van der Waals surface area (Å²) in [5.41, 5.74) is 0.402. The van der Waals surface area contributed by atoms with E-state index in [1.165, 1.54) is 9.13 Å². The zero-order valence-electron chi connectivity index (χ0n) is 16.5. The minimum absolute atomic E-state index is 0.0293. The topological polar surface area (TPSA) is 82.1 Å². The van der Waals surface area contributed by atoms with E-state index in [1.807, 2.05) is 13.8 Å². The number of hydrogen-bond donors (Lipinski definition) is 1. The first-order valence-electron chi connectivity index (χ1n) is 9.70. The van der Waals surface area contributed by atoms with Gasteiger partial charge in [0.2, 0.25) is 0 Å². The lowest BCUT2D eigenvalue weighted by molar-refractivity contribution is 0.265. The van der Waals surface area contributed by atoms with Crippen molar-refractivity contribution in [2.45, 2.75) is 59.4 Å². The van der Waals surface area contributed by atoms with E-state index in [-0.39, 0.29) is 13.2 Å². The van der Waals surface area contributed by atoms with Crippen molar-refractivity contribution in [2.24, 2.45) is 0 Å². The van der Waals surface area contributed by atoms with E-state index in [1.54, 1.807) is 22.8 Å². The molecule has 0 fully saturated rings. The second kappa shape index (κ2) is 9.15. The number of aliphatic hydroxyl groups is 1. The summed E-state index contributed by atoms with van der Waals surface area (Å²) in [5, 5.41) is 10.6. The first kappa shape index (κ1) is 21.6. The molecule has 1 aromatic carbocycles. The lowest BCUT2D eigenvalue weighted by Gasteiger charge is -2.13. The normalized spacial score (nSPS) is 11.5. The highest BCUT2D eigenvalue weighted by Gasteiger charge is 2.21. The van der Waals surface area contributed by atoms with Gasteiger partial charge in [0.15, 0.2) is 11.2 Å². The Balaban J connectivity index is 2.30. The van der Waals surface area contributed by atoms with Gasteiger partial charge in [0, 0.05) is 23.1 Å². The van der Waals surface area contributed by atoms with Gasteiger partial charge in [-0.3, -0.25) is 13.9 Å². The van der Waals surface area contributed by atoms with Crippen LogP contribution < -0.4 is 11.2 Å². The molecule has 0 aliphatic rings. The zero-order valence-corrected chi connectivity index (χ0v) is 18.0. The SMILES string of the molecule is CCCCn1c(=O)n(Cc2ccc(Cl)cc2Cl)c(=O)c2c1nc(CO)n2CCC. The largest absolute Gasteiger partial charge is 0.388 e. The summed E-state index contributed by atoms with van der Waals surface area (Å²) in [6, 6.07) is 4.97. The van der Waals surface area contributed by atoms with Crippen molar-refractivity contribution in [2.75, 3.05) is 0 Å². The summed E-state index contributed by atoms with van der Waals surface area (Å²) in [5.74, 6) is 0.380. The van der Waals surface area contributed by atoms with Crippen molar-refractivity contribution in [1.29, 1.82) is 0 Å². The van der Waals surface area contributed by atoms with Gasteiger partial charge in [0.05, 0.1) is 6.54 Å². The number of aliphatic hydroxyl groups excluding tert-OH is 1. The molecule has 9 heteroatoms. The molecular formula is C20H24Cl2N4O3. The monoisotopic (exact) mass is 438 g/mol. The van der Waals surface area contributed by atoms with Crippen molar-refractivity contribution in [3.63, 3.8) is 0 Å². The smallest absolute Gasteiger partial charge is 0.333 e. The standard InChI is InChI=1S/C20H24Cl2N4O3/c1-3-5-9-25-18-17(24(8-4-2)16(12-27)23-18)19(28)26(20(25)29)11-13-6-7-14(21)10-15(13)22/h6-7,10,27H,3-5,8-9,11-12H2,1-2H3. The van der Waals surface area contributed by atoms with Crippen LogP contribution in [0.3, 0.4) is 0 Å². The van der Waals surface area contributed by atoms with Crippen molar-refractivity contribution >= 4 is 34.4 Å². The van der Waals surface area contributed by atoms with Gasteiger partial charge < -0.3 is 9.67 Å². The van der Waals surface area contributed by atoms with Gasteiger partial charge in [-0.05, 0) is 30.5 Å². The van der Waals surface area contributed by atoms with Gasteiger partial charge in [-0.2, -0.15) is 0 Å². The molecule has 7 nitrogen and oxygen atoms in total. The van der Waals surface area contributed by atoms with E-state index >= 15 is 0 Å². The molecule has 0 bridgehead atoms. The second-order valence-corrected chi connectivity index (χ2v) is 7.77. The van der Waals surface area contributed by atoms with Crippen LogP contribution in [0.25, 0.3) is 11.2 Å². The molecule has 0 aliphatic carbocycles. The summed E-state index contributed by atoms with van der Waals surface area (Å²) >= 11 is 12.2. The van der Waals surface area contributed by atoms with Gasteiger partial charge in [-0.1, -0.05) is 49.5 Å². The quantitative estimate of drug-likeness (QED) is 0.583. The third kappa shape index (κ3) is 4.13. The summed E-state index contributed by atoms with van der Waals surface area (Å²) in [6.45, 7) is 4.69. The van der Waals surface area contributed by atoms with Crippen LogP contribution >= 0.6 is 23.2 Å². The van der Waals surface area contributed by atoms with Gasteiger partial charge in [-0.15, -0.1) is 0 Å². The number of aryl methyl sites for hydroxylation is 2. The summed E-state index contributed by atoms with van der Waals surface area (Å²) in [7, 11) is 0. The molecule has 3 rings (SSSR count). The predicted molar refractivity (Wildman–Crippen MR) is 115 cm³/mol. The Hall–Kier alpha value is -2.09. The van der Waals surface area contributed by atoms with E-state index in [9.17, 15) is 14.7 Å². The molecule has 2 aromatic heterocycles. The molecule has 0 atom stereocenters. The first-order valence-corrected chi connectivity index (χ1v) is 10.5. The molecule has 2 heterocycles. The molecule has 3 aromatic rings. The van der Waals surface area contributed by atoms with Crippen molar-refractivity contribution in [1.82, 2.24) is 18.7 Å². The highest BCUT2D eigenvalue weighted by molar-refractivity contribution is 6.35. The van der Waals surface area contributed by atoms with Crippen LogP contribution in [0.5, 0.6) is 0 Å². The molecule has 0 saturated heterocycles. The van der Waals surface area contributed by atoms with Gasteiger partial charge in [0.25, 0.3) is 5.56 Å². The fraction of sp³-hybridized carbons (Fsp3) is 0.450. The Morgan fingerprint density at radius 2 is 1.79 bits per heavy atom. The maximum atomic E-state index is 13.3. The van der Waals surface area contributed by atoms with E-state index in [2.05, 4.69) is 4.98 Å². The van der Waals surface area contributed by atoms with Gasteiger partial charge in [-0.25, -0.2) is 9.78 Å². The highest BCUT2D eigenvalue weighted by atomic mass is 35.5. The Labute approximate surface area is 178 Å². The molecule has 0 spiro atoms. The molecular weight excluding hydrogens is 415 g/mol. The number of aromatic nitrogens is 4. The number of nitrogens with zero attached hydrogens (tertiary/aromatic N) is 4. The fourth-order valence-corrected chi connectivity index (χ4v) is 3.87. The van der Waals surface area contributed by atoms with E-state index in [4.69, 9.17) is 23.2 Å². The number of halogens is 2. The summed E-state index contributed by atoms with van der Waals surface area (Å²) < 4.78 is 4.41. The van der Waals surface area contributed by atoms with Crippen LogP contribution in [-0.2, 0) is 26.2 Å². The second-order valence-electron chi connectivity index (χ2n) is 6.92. The molecule has 0 aliphatic heterocycles. The first-order chi connectivity index (χ1) is 13.9. The van der Waals surface area contributed by atoms with Crippen molar-refractivity contribution in [3.8, 4) is 0 Å². The minimum Gasteiger partial charge on any atom is -0.388 e. The van der Waals surface area contributed by atoms with Gasteiger partial charge in [0.1, 0.15) is 12.4 Å². The van der Waals surface area contributed by atoms with Crippen molar-refractivity contribution < 1.29 is 5.11 Å². The third-order valence-electron chi connectivity index (χ3n) is 4.86. The molecule has 0 amide bonds. The van der Waals surface area contributed by atoms with E-state index in [0.717, 1.165) is 19.3 Å². The maximum absolute atomic E-state index is 13.3. The average Bonchev–Trinajstić information content (AvgIpc) is 3.05. The molecule has 29 heavy (non-hydrogen) atoms. The predicted octanol–water partition coefficient (Wildman–Crippen LogP) is 3.42. The number of unbranched alkanes of at least 4 members (excludes halogenated alkanes) is 1. The average molecular weight is 439 g/mol. The number of imidazole rings is 1. The molecule has 0 unspecified atom stereocenters. The Bertz CT molecular complexity index is 1150. The van der Waals surface area contributed by atoms with Gasteiger partial charge >= 0.3 is 5.69 Å². The van der Waals surface area contributed by atoms with E-state index < -0.39 is 11.2 Å². The third-order valence-corrected chi connectivity index (χ3v) is 5.45. The molecule has 0 radical (unpaired) electrons. The highest BCUT2D eigenvalue weighted by Crippen LogP contribution is 2.21. The number of fused-ring (bicyclic) bond motifs is 1. The Morgan fingerprint density at radius 1 is 1.03 bits per heavy atom. The van der Waals surface area contributed by atoms with Crippen LogP contribution in [-0.4, -0.2) is 23.8 Å². The van der Waals surface area contributed by atoms with Crippen LogP contribution in [0.15, 0.2) is 27.8 Å². The molecule has 0 saturated carbocycles. The van der Waals surface area contributed by atoms with Crippen LogP contribution in [0.4, 0.5) is 0 Å². The molecule has 156 valence electrons. The minimum atomic E-state index is -0.440. The summed E-state index contributed by atoms with van der Waals surface area (Å²) in [4.78, 5) is 30.9. The molecule has 1 N–H and O–H groups in total. The Kier molecular flexibility index (Phi) is 6.82. The zero-order chi connectivity index (χ0) is 21.1. The van der Waals surface area contributed by atoms with Crippen molar-refractivity contribution in [3.05, 3.63) is 60.5 Å². The summed E-state index contributed by atoms with van der Waals surface area (Å²) in [6.07, 6.45) is 2.41. The fourth-order valence-electron chi connectivity index (χ4n) is 3.40. The number of hydrogen-bond acceptors (Lipinski definition) is 4. The number of benzene rings is 1. The maximum Gasteiger partial charge on any atom is 0.333 e. The van der Waals surface area contributed by atoms with Crippen LogP contribution in [0.2, 0.25) is 10.0 Å².